The second kappa shape index (κ2) is 2.09. The molecule has 9 heavy (non-hydrogen) atoms. The van der Waals surface area contributed by atoms with Crippen molar-refractivity contribution in [1.29, 1.82) is 0 Å². The second-order valence-corrected chi connectivity index (χ2v) is 1.85. The van der Waals surface area contributed by atoms with E-state index < -0.39 is 0 Å². The number of cyclic esters (lactones) is 1. The first-order valence-electron chi connectivity index (χ1n) is 2.71. The molecule has 0 aromatic rings. The van der Waals surface area contributed by atoms with Gasteiger partial charge in [0.25, 0.3) is 0 Å². The first-order chi connectivity index (χ1) is 4.24. The summed E-state index contributed by atoms with van der Waals surface area (Å²) in [5.74, 6) is -0.0625. The van der Waals surface area contributed by atoms with Crippen LogP contribution >= 0.6 is 0 Å². The number of methoxy groups -OCH3 is 1. The number of rotatable bonds is 1. The zero-order chi connectivity index (χ0) is 6.85. The Morgan fingerprint density at radius 1 is 1.78 bits per heavy atom. The maximum Gasteiger partial charge on any atom is 0.373 e. The molecule has 1 rings (SSSR count). The minimum absolute atomic E-state index is 0.132. The molecule has 3 nitrogen and oxygen atoms in total. The third-order valence-corrected chi connectivity index (χ3v) is 1.10. The smallest absolute Gasteiger partial charge is 0.373 e. The molecular formula is C6H8O3. The summed E-state index contributed by atoms with van der Waals surface area (Å²) in [6.07, 6.45) is 1.51. The van der Waals surface area contributed by atoms with Crippen molar-refractivity contribution in [3.63, 3.8) is 0 Å². The predicted octanol–water partition coefficient (Wildman–Crippen LogP) is 0.462. The summed E-state index contributed by atoms with van der Waals surface area (Å²) in [4.78, 5) is 10.6. The Kier molecular flexibility index (Phi) is 1.42. The van der Waals surface area contributed by atoms with Gasteiger partial charge in [-0.3, -0.25) is 0 Å². The summed E-state index contributed by atoms with van der Waals surface area (Å²) in [7, 11) is 1.45. The zero-order valence-electron chi connectivity index (χ0n) is 5.38. The maximum absolute atomic E-state index is 10.6. The number of hydrogen-bond donors (Lipinski definition) is 0. The van der Waals surface area contributed by atoms with Crippen LogP contribution in [-0.4, -0.2) is 19.2 Å². The molecule has 50 valence electrons. The van der Waals surface area contributed by atoms with E-state index in [1.807, 2.05) is 0 Å². The van der Waals surface area contributed by atoms with E-state index in [4.69, 9.17) is 4.74 Å². The maximum atomic E-state index is 10.6. The number of esters is 1. The Balaban J connectivity index is 2.68. The summed E-state index contributed by atoms with van der Waals surface area (Å²) >= 11 is 0. The van der Waals surface area contributed by atoms with Gasteiger partial charge in [-0.1, -0.05) is 0 Å². The van der Waals surface area contributed by atoms with Gasteiger partial charge in [-0.2, -0.15) is 0 Å². The van der Waals surface area contributed by atoms with Gasteiger partial charge in [0.15, 0.2) is 0 Å². The molecule has 3 heteroatoms. The fraction of sp³-hybridized carbons (Fsp3) is 0.500. The van der Waals surface area contributed by atoms with E-state index in [9.17, 15) is 4.79 Å². The summed E-state index contributed by atoms with van der Waals surface area (Å²) in [6, 6.07) is 0. The van der Waals surface area contributed by atoms with Crippen LogP contribution in [0.3, 0.4) is 0 Å². The van der Waals surface area contributed by atoms with Gasteiger partial charge in [-0.25, -0.2) is 4.79 Å². The average Bonchev–Trinajstić information content (AvgIpc) is 2.10. The molecular weight excluding hydrogens is 120 g/mol. The molecule has 0 aromatic heterocycles. The first kappa shape index (κ1) is 6.13. The first-order valence-corrected chi connectivity index (χ1v) is 2.71. The summed E-state index contributed by atoms with van der Waals surface area (Å²) in [6.45, 7) is 1.78. The summed E-state index contributed by atoms with van der Waals surface area (Å²) in [5.41, 5.74) is 0. The van der Waals surface area contributed by atoms with Crippen molar-refractivity contribution in [2.75, 3.05) is 7.11 Å². The van der Waals surface area contributed by atoms with E-state index in [1.54, 1.807) is 13.0 Å². The topological polar surface area (TPSA) is 35.5 Å². The molecule has 0 fully saturated rings. The number of hydrogen-bond acceptors (Lipinski definition) is 3. The van der Waals surface area contributed by atoms with Gasteiger partial charge in [0, 0.05) is 6.08 Å². The Morgan fingerprint density at radius 2 is 2.44 bits per heavy atom. The lowest BCUT2D eigenvalue weighted by molar-refractivity contribution is -0.141. The van der Waals surface area contributed by atoms with Crippen molar-refractivity contribution in [3.8, 4) is 0 Å². The molecule has 1 aliphatic heterocycles. The lowest BCUT2D eigenvalue weighted by atomic mass is 10.4. The highest BCUT2D eigenvalue weighted by Gasteiger charge is 2.22. The minimum atomic E-state index is -0.370. The van der Waals surface area contributed by atoms with Crippen LogP contribution in [0.15, 0.2) is 11.8 Å². The van der Waals surface area contributed by atoms with E-state index in [-0.39, 0.29) is 12.1 Å². The largest absolute Gasteiger partial charge is 0.490 e. The van der Waals surface area contributed by atoms with Gasteiger partial charge in [0.05, 0.1) is 7.11 Å². The Hall–Kier alpha value is -0.990. The second-order valence-electron chi connectivity index (χ2n) is 1.85. The Labute approximate surface area is 53.3 Å². The van der Waals surface area contributed by atoms with Crippen molar-refractivity contribution in [2.24, 2.45) is 0 Å². The normalized spacial score (nSPS) is 25.3. The molecule has 0 amide bonds. The average molecular weight is 128 g/mol. The fourth-order valence-corrected chi connectivity index (χ4v) is 0.694. The molecule has 1 atom stereocenters. The van der Waals surface area contributed by atoms with E-state index in [1.165, 1.54) is 7.11 Å². The highest BCUT2D eigenvalue weighted by atomic mass is 16.6. The van der Waals surface area contributed by atoms with Crippen LogP contribution in [0.4, 0.5) is 0 Å². The van der Waals surface area contributed by atoms with Crippen LogP contribution in [-0.2, 0) is 14.3 Å². The predicted molar refractivity (Wildman–Crippen MR) is 30.6 cm³/mol. The van der Waals surface area contributed by atoms with E-state index >= 15 is 0 Å². The number of ether oxygens (including phenoxy) is 2. The van der Waals surface area contributed by atoms with E-state index in [0.29, 0.717) is 5.76 Å². The summed E-state index contributed by atoms with van der Waals surface area (Å²) in [5, 5.41) is 0. The number of carbonyl (C=O) groups is 1. The molecule has 0 saturated heterocycles. The van der Waals surface area contributed by atoms with Gasteiger partial charge in [0.2, 0.25) is 5.76 Å². The molecule has 1 unspecified atom stereocenters. The van der Waals surface area contributed by atoms with Gasteiger partial charge in [-0.05, 0) is 6.92 Å². The Morgan fingerprint density at radius 3 is 2.67 bits per heavy atom. The monoisotopic (exact) mass is 128 g/mol. The highest BCUT2D eigenvalue weighted by molar-refractivity contribution is 5.88. The SMILES string of the molecule is COC1=CC(C)OC1=O. The molecule has 0 aromatic carbocycles. The van der Waals surface area contributed by atoms with Crippen molar-refractivity contribution in [3.05, 3.63) is 11.8 Å². The molecule has 0 N–H and O–H groups in total. The van der Waals surface area contributed by atoms with Gasteiger partial charge < -0.3 is 9.47 Å². The van der Waals surface area contributed by atoms with Crippen molar-refractivity contribution >= 4 is 5.97 Å². The lowest BCUT2D eigenvalue weighted by Crippen LogP contribution is -2.04. The zero-order valence-corrected chi connectivity index (χ0v) is 5.38. The Bertz CT molecular complexity index is 160. The standard InChI is InChI=1S/C6H8O3/c1-4-3-5(8-2)6(7)9-4/h3-4H,1-2H3. The van der Waals surface area contributed by atoms with Crippen LogP contribution in [0.2, 0.25) is 0 Å². The third-order valence-electron chi connectivity index (χ3n) is 1.10. The van der Waals surface area contributed by atoms with Crippen molar-refractivity contribution in [1.82, 2.24) is 0 Å². The number of carbonyl (C=O) groups excluding carboxylic acids is 1. The lowest BCUT2D eigenvalue weighted by Gasteiger charge is -1.96. The summed E-state index contributed by atoms with van der Waals surface area (Å²) < 4.78 is 9.39. The molecule has 0 aliphatic carbocycles. The van der Waals surface area contributed by atoms with Crippen LogP contribution in [0, 0.1) is 0 Å². The van der Waals surface area contributed by atoms with Gasteiger partial charge >= 0.3 is 5.97 Å². The molecule has 0 saturated carbocycles. The highest BCUT2D eigenvalue weighted by Crippen LogP contribution is 2.12. The van der Waals surface area contributed by atoms with Crippen molar-refractivity contribution in [2.45, 2.75) is 13.0 Å². The van der Waals surface area contributed by atoms with Gasteiger partial charge in [-0.15, -0.1) is 0 Å². The van der Waals surface area contributed by atoms with Crippen LogP contribution < -0.4 is 0 Å². The van der Waals surface area contributed by atoms with E-state index in [0.717, 1.165) is 0 Å². The molecule has 0 bridgehead atoms. The van der Waals surface area contributed by atoms with E-state index in [2.05, 4.69) is 4.74 Å². The fourth-order valence-electron chi connectivity index (χ4n) is 0.694. The molecule has 0 radical (unpaired) electrons. The van der Waals surface area contributed by atoms with Gasteiger partial charge in [0.1, 0.15) is 6.10 Å². The molecule has 0 spiro atoms. The quantitative estimate of drug-likeness (QED) is 0.481. The third kappa shape index (κ3) is 1.04. The minimum Gasteiger partial charge on any atom is -0.490 e. The van der Waals surface area contributed by atoms with Crippen LogP contribution in [0.25, 0.3) is 0 Å². The molecule has 1 aliphatic rings. The van der Waals surface area contributed by atoms with Crippen molar-refractivity contribution < 1.29 is 14.3 Å². The van der Waals surface area contributed by atoms with Crippen LogP contribution in [0.1, 0.15) is 6.92 Å². The molecule has 1 heterocycles. The van der Waals surface area contributed by atoms with Crippen LogP contribution in [0.5, 0.6) is 0 Å².